The fraction of sp³-hybridized carbons (Fsp3) is 0.750. The largest absolute Gasteiger partial charge is 0.344 e. The minimum atomic E-state index is -3.33. The van der Waals surface area contributed by atoms with Gasteiger partial charge in [-0.25, -0.2) is 0 Å². The Bertz CT molecular complexity index is 211. The van der Waals surface area contributed by atoms with Gasteiger partial charge in [-0.2, -0.15) is 8.42 Å². The lowest BCUT2D eigenvalue weighted by Gasteiger charge is -2.01. The zero-order valence-corrected chi connectivity index (χ0v) is 8.98. The smallest absolute Gasteiger partial charge is 0.270 e. The first kappa shape index (κ1) is 15.1. The Morgan fingerprint density at radius 3 is 2.46 bits per heavy atom. The summed E-state index contributed by atoms with van der Waals surface area (Å²) in [5.41, 5.74) is 0. The summed E-state index contributed by atoms with van der Waals surface area (Å²) < 4.78 is 26.5. The Morgan fingerprint density at radius 1 is 1.38 bits per heavy atom. The normalized spacial score (nSPS) is 10.5. The van der Waals surface area contributed by atoms with E-state index in [1.807, 2.05) is 0 Å². The molecule has 0 saturated carbocycles. The molecule has 0 amide bonds. The maximum absolute atomic E-state index is 10.9. The van der Waals surface area contributed by atoms with Crippen molar-refractivity contribution in [1.29, 1.82) is 0 Å². The van der Waals surface area contributed by atoms with Crippen molar-refractivity contribution in [3.05, 3.63) is 12.7 Å². The van der Waals surface area contributed by atoms with Crippen molar-refractivity contribution in [2.45, 2.75) is 26.2 Å². The van der Waals surface area contributed by atoms with Crippen LogP contribution >= 0.6 is 0 Å². The minimum Gasteiger partial charge on any atom is -0.344 e. The molecule has 0 bridgehead atoms. The first-order chi connectivity index (χ1) is 5.62. The van der Waals surface area contributed by atoms with Crippen molar-refractivity contribution in [3.8, 4) is 0 Å². The number of unbranched alkanes of at least 4 members (excludes halogenated alkanes) is 2. The molecule has 0 aliphatic carbocycles. The third kappa shape index (κ3) is 9.52. The van der Waals surface area contributed by atoms with Crippen LogP contribution in [0.1, 0.15) is 26.2 Å². The summed E-state index contributed by atoms with van der Waals surface area (Å²) in [6.45, 7) is 5.68. The number of rotatable bonds is 7. The number of hydrogen-bond acceptors (Lipinski definition) is 4. The highest BCUT2D eigenvalue weighted by molar-refractivity contribution is 7.86. The molecular weight excluding hydrogens is 190 g/mol. The van der Waals surface area contributed by atoms with Gasteiger partial charge in [-0.3, -0.25) is 4.18 Å². The van der Waals surface area contributed by atoms with Gasteiger partial charge >= 0.3 is 0 Å². The molecule has 0 unspecified atom stereocenters. The van der Waals surface area contributed by atoms with E-state index in [0.717, 1.165) is 19.3 Å². The summed E-state index contributed by atoms with van der Waals surface area (Å²) in [4.78, 5) is 0. The molecule has 13 heavy (non-hydrogen) atoms. The second-order valence-electron chi connectivity index (χ2n) is 2.54. The lowest BCUT2D eigenvalue weighted by atomic mass is 10.3. The minimum absolute atomic E-state index is 0. The standard InChI is InChI=1S/C8H16O3S.H3N/c1-3-5-6-7-11-12(9,10)8-4-2;/h4H,2-3,5-8H2,1H3;1H3. The predicted octanol–water partition coefficient (Wildman–Crippen LogP) is 1.87. The van der Waals surface area contributed by atoms with Gasteiger partial charge in [0.15, 0.2) is 0 Å². The van der Waals surface area contributed by atoms with E-state index in [4.69, 9.17) is 0 Å². The van der Waals surface area contributed by atoms with Gasteiger partial charge in [0.1, 0.15) is 0 Å². The van der Waals surface area contributed by atoms with Crippen LogP contribution in [0.2, 0.25) is 0 Å². The molecule has 0 fully saturated rings. The lowest BCUT2D eigenvalue weighted by Crippen LogP contribution is -2.09. The summed E-state index contributed by atoms with van der Waals surface area (Å²) in [5.74, 6) is -0.0981. The van der Waals surface area contributed by atoms with Gasteiger partial charge in [-0.15, -0.1) is 6.58 Å². The summed E-state index contributed by atoms with van der Waals surface area (Å²) >= 11 is 0. The molecule has 0 aromatic heterocycles. The fourth-order valence-electron chi connectivity index (χ4n) is 0.730. The van der Waals surface area contributed by atoms with Gasteiger partial charge in [0.2, 0.25) is 0 Å². The van der Waals surface area contributed by atoms with Gasteiger partial charge < -0.3 is 6.15 Å². The molecule has 0 spiro atoms. The first-order valence-corrected chi connectivity index (χ1v) is 5.68. The molecule has 0 saturated heterocycles. The van der Waals surface area contributed by atoms with Gasteiger partial charge in [-0.05, 0) is 6.42 Å². The average molecular weight is 209 g/mol. The second kappa shape index (κ2) is 8.22. The van der Waals surface area contributed by atoms with Crippen LogP contribution in [0.5, 0.6) is 0 Å². The molecule has 80 valence electrons. The topological polar surface area (TPSA) is 78.4 Å². The molecule has 0 atom stereocenters. The van der Waals surface area contributed by atoms with Crippen LogP contribution < -0.4 is 6.15 Å². The monoisotopic (exact) mass is 209 g/mol. The highest BCUT2D eigenvalue weighted by Gasteiger charge is 2.06. The Labute approximate surface area is 80.7 Å². The zero-order chi connectivity index (χ0) is 9.45. The van der Waals surface area contributed by atoms with E-state index >= 15 is 0 Å². The molecule has 0 aromatic carbocycles. The van der Waals surface area contributed by atoms with Gasteiger partial charge in [0.05, 0.1) is 12.4 Å². The van der Waals surface area contributed by atoms with E-state index in [-0.39, 0.29) is 11.9 Å². The molecule has 0 aromatic rings. The second-order valence-corrected chi connectivity index (χ2v) is 4.23. The third-order valence-electron chi connectivity index (χ3n) is 1.33. The van der Waals surface area contributed by atoms with Crippen LogP contribution in [-0.2, 0) is 14.3 Å². The fourth-order valence-corrected chi connectivity index (χ4v) is 1.49. The molecule has 0 aliphatic heterocycles. The summed E-state index contributed by atoms with van der Waals surface area (Å²) in [7, 11) is -3.33. The van der Waals surface area contributed by atoms with Crippen LogP contribution in [0.3, 0.4) is 0 Å². The summed E-state index contributed by atoms with van der Waals surface area (Å²) in [6, 6.07) is 0. The summed E-state index contributed by atoms with van der Waals surface area (Å²) in [5, 5.41) is 0. The predicted molar refractivity (Wildman–Crippen MR) is 54.5 cm³/mol. The van der Waals surface area contributed by atoms with E-state index in [2.05, 4.69) is 17.7 Å². The van der Waals surface area contributed by atoms with Crippen molar-refractivity contribution >= 4 is 10.1 Å². The van der Waals surface area contributed by atoms with Crippen molar-refractivity contribution in [1.82, 2.24) is 6.15 Å². The highest BCUT2D eigenvalue weighted by Crippen LogP contribution is 1.99. The molecule has 5 heteroatoms. The van der Waals surface area contributed by atoms with E-state index < -0.39 is 10.1 Å². The lowest BCUT2D eigenvalue weighted by molar-refractivity contribution is 0.309. The van der Waals surface area contributed by atoms with E-state index in [0.29, 0.717) is 6.61 Å². The molecule has 0 radical (unpaired) electrons. The molecule has 0 aliphatic rings. The molecule has 3 N–H and O–H groups in total. The van der Waals surface area contributed by atoms with E-state index in [9.17, 15) is 8.42 Å². The highest BCUT2D eigenvalue weighted by atomic mass is 32.2. The Balaban J connectivity index is 0. The molecule has 4 nitrogen and oxygen atoms in total. The maximum atomic E-state index is 10.9. The summed E-state index contributed by atoms with van der Waals surface area (Å²) in [6.07, 6.45) is 4.19. The SMILES string of the molecule is C=CCS(=O)(=O)OCCCCC.N. The Kier molecular flexibility index (Phi) is 9.55. The van der Waals surface area contributed by atoms with Gasteiger partial charge in [-0.1, -0.05) is 25.8 Å². The van der Waals surface area contributed by atoms with Crippen molar-refractivity contribution < 1.29 is 12.6 Å². The number of hydrogen-bond donors (Lipinski definition) is 1. The quantitative estimate of drug-likeness (QED) is 0.394. The van der Waals surface area contributed by atoms with Gasteiger partial charge in [0.25, 0.3) is 10.1 Å². The van der Waals surface area contributed by atoms with Crippen LogP contribution in [0.4, 0.5) is 0 Å². The maximum Gasteiger partial charge on any atom is 0.270 e. The molecular formula is C8H19NO3S. The van der Waals surface area contributed by atoms with Crippen LogP contribution in [-0.4, -0.2) is 20.8 Å². The molecule has 0 heterocycles. The Hall–Kier alpha value is -0.390. The van der Waals surface area contributed by atoms with Gasteiger partial charge in [0, 0.05) is 0 Å². The Morgan fingerprint density at radius 2 is 2.00 bits per heavy atom. The van der Waals surface area contributed by atoms with Crippen molar-refractivity contribution in [2.75, 3.05) is 12.4 Å². The van der Waals surface area contributed by atoms with E-state index in [1.165, 1.54) is 6.08 Å². The average Bonchev–Trinajstić information content (AvgIpc) is 1.98. The van der Waals surface area contributed by atoms with Crippen LogP contribution in [0, 0.1) is 0 Å². The third-order valence-corrected chi connectivity index (χ3v) is 2.50. The van der Waals surface area contributed by atoms with Crippen molar-refractivity contribution in [3.63, 3.8) is 0 Å². The molecule has 0 rings (SSSR count). The van der Waals surface area contributed by atoms with E-state index in [1.54, 1.807) is 0 Å². The van der Waals surface area contributed by atoms with Crippen LogP contribution in [0.15, 0.2) is 12.7 Å². The first-order valence-electron chi connectivity index (χ1n) is 4.10. The van der Waals surface area contributed by atoms with Crippen molar-refractivity contribution in [2.24, 2.45) is 0 Å². The zero-order valence-electron chi connectivity index (χ0n) is 8.16. The van der Waals surface area contributed by atoms with Crippen LogP contribution in [0.25, 0.3) is 0 Å².